The Bertz CT molecular complexity index is 1110. The molecule has 0 unspecified atom stereocenters. The standard InChI is InChI=1S/C20H21N3O4S/c1-4-27-20(24)17-13-21-23(16-8-6-5-7-9-16)19(17)22-28(25,26)18-11-10-14(2)12-15(18)3/h5-13,22H,4H2,1-3H3. The van der Waals surface area contributed by atoms with E-state index in [-0.39, 0.29) is 22.9 Å². The molecule has 1 heterocycles. The molecule has 0 aliphatic heterocycles. The number of rotatable bonds is 6. The average molecular weight is 399 g/mol. The highest BCUT2D eigenvalue weighted by molar-refractivity contribution is 7.92. The smallest absolute Gasteiger partial charge is 0.343 e. The van der Waals surface area contributed by atoms with Crippen LogP contribution in [-0.4, -0.2) is 30.8 Å². The molecular formula is C20H21N3O4S. The first kappa shape index (κ1) is 19.6. The zero-order valence-electron chi connectivity index (χ0n) is 15.8. The highest BCUT2D eigenvalue weighted by Gasteiger charge is 2.25. The number of carbonyl (C=O) groups excluding carboxylic acids is 1. The van der Waals surface area contributed by atoms with Crippen LogP contribution in [0.4, 0.5) is 5.82 Å². The van der Waals surface area contributed by atoms with Gasteiger partial charge in [0.2, 0.25) is 0 Å². The molecule has 0 aliphatic carbocycles. The van der Waals surface area contributed by atoms with Gasteiger partial charge in [0, 0.05) is 0 Å². The summed E-state index contributed by atoms with van der Waals surface area (Å²) in [4.78, 5) is 12.5. The topological polar surface area (TPSA) is 90.3 Å². The van der Waals surface area contributed by atoms with E-state index in [1.807, 2.05) is 13.0 Å². The lowest BCUT2D eigenvalue weighted by atomic mass is 10.2. The van der Waals surface area contributed by atoms with Gasteiger partial charge in [-0.05, 0) is 44.5 Å². The van der Waals surface area contributed by atoms with E-state index in [4.69, 9.17) is 4.74 Å². The number of ether oxygens (including phenoxy) is 1. The van der Waals surface area contributed by atoms with E-state index in [0.717, 1.165) is 5.56 Å². The van der Waals surface area contributed by atoms with Crippen LogP contribution in [0.25, 0.3) is 5.69 Å². The Morgan fingerprint density at radius 2 is 1.86 bits per heavy atom. The molecule has 3 aromatic rings. The fourth-order valence-corrected chi connectivity index (χ4v) is 4.14. The van der Waals surface area contributed by atoms with Crippen molar-refractivity contribution in [3.05, 3.63) is 71.4 Å². The molecule has 8 heteroatoms. The van der Waals surface area contributed by atoms with Gasteiger partial charge in [0.25, 0.3) is 10.0 Å². The van der Waals surface area contributed by atoms with Crippen molar-refractivity contribution >= 4 is 21.8 Å². The van der Waals surface area contributed by atoms with Gasteiger partial charge in [0.15, 0.2) is 5.82 Å². The average Bonchev–Trinajstić information content (AvgIpc) is 3.05. The number of aromatic nitrogens is 2. The normalized spacial score (nSPS) is 11.2. The number of esters is 1. The van der Waals surface area contributed by atoms with Crippen LogP contribution in [0.1, 0.15) is 28.4 Å². The van der Waals surface area contributed by atoms with Gasteiger partial charge < -0.3 is 4.74 Å². The fraction of sp³-hybridized carbons (Fsp3) is 0.200. The van der Waals surface area contributed by atoms with Crippen LogP contribution in [-0.2, 0) is 14.8 Å². The van der Waals surface area contributed by atoms with Crippen LogP contribution in [0.15, 0.2) is 59.6 Å². The second kappa shape index (κ2) is 7.85. The zero-order chi connectivity index (χ0) is 20.3. The molecule has 28 heavy (non-hydrogen) atoms. The largest absolute Gasteiger partial charge is 0.462 e. The third-order valence-electron chi connectivity index (χ3n) is 4.12. The van der Waals surface area contributed by atoms with Crippen molar-refractivity contribution in [2.45, 2.75) is 25.7 Å². The molecule has 0 saturated heterocycles. The molecule has 0 spiro atoms. The monoisotopic (exact) mass is 399 g/mol. The van der Waals surface area contributed by atoms with Crippen LogP contribution < -0.4 is 4.72 Å². The minimum atomic E-state index is -3.95. The Morgan fingerprint density at radius 1 is 1.14 bits per heavy atom. The molecule has 2 aromatic carbocycles. The second-order valence-electron chi connectivity index (χ2n) is 6.25. The van der Waals surface area contributed by atoms with Gasteiger partial charge in [-0.15, -0.1) is 0 Å². The minimum absolute atomic E-state index is 0.0321. The maximum atomic E-state index is 13.0. The van der Waals surface area contributed by atoms with Crippen LogP contribution in [0, 0.1) is 13.8 Å². The molecule has 3 rings (SSSR count). The minimum Gasteiger partial charge on any atom is -0.462 e. The second-order valence-corrected chi connectivity index (χ2v) is 7.90. The Balaban J connectivity index is 2.11. The maximum Gasteiger partial charge on any atom is 0.343 e. The predicted molar refractivity (Wildman–Crippen MR) is 106 cm³/mol. The molecule has 146 valence electrons. The third-order valence-corrected chi connectivity index (χ3v) is 5.62. The number of nitrogens with one attached hydrogen (secondary N) is 1. The number of anilines is 1. The van der Waals surface area contributed by atoms with E-state index in [0.29, 0.717) is 11.3 Å². The van der Waals surface area contributed by atoms with Crippen LogP contribution in [0.3, 0.4) is 0 Å². The Hall–Kier alpha value is -3.13. The number of sulfonamides is 1. The number of para-hydroxylation sites is 1. The van der Waals surface area contributed by atoms with E-state index in [1.165, 1.54) is 10.9 Å². The Kier molecular flexibility index (Phi) is 5.51. The van der Waals surface area contributed by atoms with Crippen LogP contribution >= 0.6 is 0 Å². The zero-order valence-corrected chi connectivity index (χ0v) is 16.7. The summed E-state index contributed by atoms with van der Waals surface area (Å²) in [5.41, 5.74) is 2.21. The first-order valence-electron chi connectivity index (χ1n) is 8.74. The summed E-state index contributed by atoms with van der Waals surface area (Å²) in [6.07, 6.45) is 1.30. The third kappa shape index (κ3) is 3.91. The van der Waals surface area contributed by atoms with Crippen molar-refractivity contribution in [2.24, 2.45) is 0 Å². The van der Waals surface area contributed by atoms with Gasteiger partial charge >= 0.3 is 5.97 Å². The van der Waals surface area contributed by atoms with Crippen molar-refractivity contribution in [1.82, 2.24) is 9.78 Å². The van der Waals surface area contributed by atoms with Gasteiger partial charge in [0.1, 0.15) is 5.56 Å². The lowest BCUT2D eigenvalue weighted by Gasteiger charge is -2.14. The van der Waals surface area contributed by atoms with Crippen LogP contribution in [0.5, 0.6) is 0 Å². The van der Waals surface area contributed by atoms with Gasteiger partial charge in [-0.1, -0.05) is 35.9 Å². The summed E-state index contributed by atoms with van der Waals surface area (Å²) in [6.45, 7) is 5.46. The number of benzene rings is 2. The summed E-state index contributed by atoms with van der Waals surface area (Å²) in [5.74, 6) is -0.618. The molecule has 7 nitrogen and oxygen atoms in total. The van der Waals surface area contributed by atoms with Gasteiger partial charge in [-0.2, -0.15) is 5.10 Å². The van der Waals surface area contributed by atoms with Crippen molar-refractivity contribution in [1.29, 1.82) is 0 Å². The predicted octanol–water partition coefficient (Wildman–Crippen LogP) is 3.47. The first-order chi connectivity index (χ1) is 13.3. The Morgan fingerprint density at radius 3 is 2.50 bits per heavy atom. The molecule has 0 saturated carbocycles. The lowest BCUT2D eigenvalue weighted by Crippen LogP contribution is -2.19. The highest BCUT2D eigenvalue weighted by Crippen LogP contribution is 2.26. The quantitative estimate of drug-likeness (QED) is 0.641. The van der Waals surface area contributed by atoms with E-state index in [9.17, 15) is 13.2 Å². The molecule has 0 fully saturated rings. The van der Waals surface area contributed by atoms with Gasteiger partial charge in [-0.25, -0.2) is 17.9 Å². The Labute approximate surface area is 164 Å². The van der Waals surface area contributed by atoms with E-state index in [1.54, 1.807) is 56.3 Å². The number of carbonyl (C=O) groups is 1. The maximum absolute atomic E-state index is 13.0. The number of hydrogen-bond donors (Lipinski definition) is 1. The highest BCUT2D eigenvalue weighted by atomic mass is 32.2. The van der Waals surface area contributed by atoms with E-state index in [2.05, 4.69) is 9.82 Å². The summed E-state index contributed by atoms with van der Waals surface area (Å²) in [7, 11) is -3.95. The molecular weight excluding hydrogens is 378 g/mol. The lowest BCUT2D eigenvalue weighted by molar-refractivity contribution is 0.0527. The van der Waals surface area contributed by atoms with Crippen LogP contribution in [0.2, 0.25) is 0 Å². The number of nitrogens with zero attached hydrogens (tertiary/aromatic N) is 2. The summed E-state index contributed by atoms with van der Waals surface area (Å²) < 4.78 is 35.0. The van der Waals surface area contributed by atoms with E-state index < -0.39 is 16.0 Å². The molecule has 0 aliphatic rings. The summed E-state index contributed by atoms with van der Waals surface area (Å²) in [5, 5.41) is 4.19. The van der Waals surface area contributed by atoms with Crippen molar-refractivity contribution < 1.29 is 17.9 Å². The fourth-order valence-electron chi connectivity index (χ4n) is 2.85. The first-order valence-corrected chi connectivity index (χ1v) is 10.2. The van der Waals surface area contributed by atoms with E-state index >= 15 is 0 Å². The van der Waals surface area contributed by atoms with Crippen molar-refractivity contribution in [3.8, 4) is 5.69 Å². The molecule has 0 amide bonds. The molecule has 0 atom stereocenters. The SMILES string of the molecule is CCOC(=O)c1cnn(-c2ccccc2)c1NS(=O)(=O)c1ccc(C)cc1C. The van der Waals surface area contributed by atoms with Gasteiger partial charge in [-0.3, -0.25) is 4.72 Å². The number of hydrogen-bond acceptors (Lipinski definition) is 5. The molecule has 0 radical (unpaired) electrons. The van der Waals surface area contributed by atoms with Gasteiger partial charge in [0.05, 0.1) is 23.4 Å². The summed E-state index contributed by atoms with van der Waals surface area (Å²) in [6, 6.07) is 14.0. The van der Waals surface area contributed by atoms with Crippen molar-refractivity contribution in [3.63, 3.8) is 0 Å². The van der Waals surface area contributed by atoms with Crippen molar-refractivity contribution in [2.75, 3.05) is 11.3 Å². The summed E-state index contributed by atoms with van der Waals surface area (Å²) >= 11 is 0. The molecule has 0 bridgehead atoms. The molecule has 1 aromatic heterocycles. The molecule has 1 N–H and O–H groups in total. The number of aryl methyl sites for hydroxylation is 2.